The van der Waals surface area contributed by atoms with E-state index in [2.05, 4.69) is 0 Å². The van der Waals surface area contributed by atoms with Crippen molar-refractivity contribution in [2.45, 2.75) is 4.90 Å². The molecular weight excluding hydrogens is 252 g/mol. The number of phenols is 1. The molecule has 1 rings (SSSR count). The number of nitrogens with two attached hydrogens (primary N) is 1. The Morgan fingerprint density at radius 1 is 1.41 bits per heavy atom. The first-order valence-electron chi connectivity index (χ1n) is 4.40. The summed E-state index contributed by atoms with van der Waals surface area (Å²) in [5.41, 5.74) is 4.07. The monoisotopic (exact) mass is 262 g/mol. The van der Waals surface area contributed by atoms with Crippen LogP contribution < -0.4 is 5.73 Å². The molecule has 0 saturated heterocycles. The lowest BCUT2D eigenvalue weighted by molar-refractivity contribution is -0.386. The van der Waals surface area contributed by atoms with Crippen LogP contribution in [0.1, 0.15) is 0 Å². The molecule has 0 spiro atoms. The molecule has 0 unspecified atom stereocenters. The Labute approximate surface area is 96.4 Å². The summed E-state index contributed by atoms with van der Waals surface area (Å²) in [4.78, 5) is 9.21. The van der Waals surface area contributed by atoms with Crippen LogP contribution in [0.5, 0.6) is 5.75 Å². The SMILES string of the molecule is Nc1cc(S(=O)(=O)CCO)cc([N+](=O)[O-])c1O. The van der Waals surface area contributed by atoms with E-state index in [1.165, 1.54) is 0 Å². The summed E-state index contributed by atoms with van der Waals surface area (Å²) in [5.74, 6) is -1.35. The highest BCUT2D eigenvalue weighted by atomic mass is 32.2. The van der Waals surface area contributed by atoms with Crippen molar-refractivity contribution >= 4 is 21.2 Å². The van der Waals surface area contributed by atoms with E-state index < -0.39 is 49.1 Å². The lowest BCUT2D eigenvalue weighted by atomic mass is 10.2. The standard InChI is InChI=1S/C8H10N2O6S/c9-6-3-5(17(15,16)2-1-11)4-7(8(6)12)10(13)14/h3-4,11-12H,1-2,9H2. The quantitative estimate of drug-likeness (QED) is 0.291. The van der Waals surface area contributed by atoms with Crippen LogP contribution in [0.3, 0.4) is 0 Å². The molecule has 4 N–H and O–H groups in total. The van der Waals surface area contributed by atoms with Crippen molar-refractivity contribution in [3.8, 4) is 5.75 Å². The number of hydrogen-bond acceptors (Lipinski definition) is 7. The van der Waals surface area contributed by atoms with Crippen molar-refractivity contribution in [2.75, 3.05) is 18.1 Å². The third kappa shape index (κ3) is 2.63. The predicted octanol–water partition coefficient (Wildman–Crippen LogP) is -0.351. The first-order valence-corrected chi connectivity index (χ1v) is 6.05. The van der Waals surface area contributed by atoms with E-state index in [1.54, 1.807) is 0 Å². The Hall–Kier alpha value is -1.87. The van der Waals surface area contributed by atoms with Crippen LogP contribution >= 0.6 is 0 Å². The zero-order valence-corrected chi connectivity index (χ0v) is 9.35. The van der Waals surface area contributed by atoms with E-state index in [1.807, 2.05) is 0 Å². The second-order valence-electron chi connectivity index (χ2n) is 3.18. The van der Waals surface area contributed by atoms with Gasteiger partial charge in [-0.3, -0.25) is 10.1 Å². The Morgan fingerprint density at radius 3 is 2.47 bits per heavy atom. The Kier molecular flexibility index (Phi) is 3.53. The summed E-state index contributed by atoms with van der Waals surface area (Å²) in [5, 5.41) is 28.4. The number of nitro benzene ring substituents is 1. The molecule has 0 radical (unpaired) electrons. The van der Waals surface area contributed by atoms with E-state index in [-0.39, 0.29) is 0 Å². The molecule has 0 aliphatic heterocycles. The van der Waals surface area contributed by atoms with Gasteiger partial charge in [-0.2, -0.15) is 0 Å². The van der Waals surface area contributed by atoms with Gasteiger partial charge in [-0.25, -0.2) is 8.42 Å². The number of rotatable bonds is 4. The Morgan fingerprint density at radius 2 is 2.00 bits per heavy atom. The van der Waals surface area contributed by atoms with Gasteiger partial charge in [-0.1, -0.05) is 0 Å². The van der Waals surface area contributed by atoms with Crippen molar-refractivity contribution in [3.63, 3.8) is 0 Å². The number of aromatic hydroxyl groups is 1. The third-order valence-electron chi connectivity index (χ3n) is 2.01. The van der Waals surface area contributed by atoms with Crippen LogP contribution in [0.25, 0.3) is 0 Å². The molecule has 0 saturated carbocycles. The van der Waals surface area contributed by atoms with Gasteiger partial charge in [0, 0.05) is 6.07 Å². The maximum absolute atomic E-state index is 11.6. The second-order valence-corrected chi connectivity index (χ2v) is 5.29. The smallest absolute Gasteiger partial charge is 0.314 e. The molecular formula is C8H10N2O6S. The number of benzene rings is 1. The highest BCUT2D eigenvalue weighted by Gasteiger charge is 2.23. The van der Waals surface area contributed by atoms with Crippen molar-refractivity contribution in [2.24, 2.45) is 0 Å². The number of hydrogen-bond donors (Lipinski definition) is 3. The number of nitro groups is 1. The average Bonchev–Trinajstić information content (AvgIpc) is 2.21. The number of aliphatic hydroxyl groups excluding tert-OH is 1. The minimum atomic E-state index is -3.85. The fourth-order valence-electron chi connectivity index (χ4n) is 1.17. The van der Waals surface area contributed by atoms with Gasteiger partial charge in [0.1, 0.15) is 0 Å². The van der Waals surface area contributed by atoms with Crippen molar-refractivity contribution < 1.29 is 23.6 Å². The summed E-state index contributed by atoms with van der Waals surface area (Å²) >= 11 is 0. The van der Waals surface area contributed by atoms with Crippen molar-refractivity contribution in [3.05, 3.63) is 22.2 Å². The van der Waals surface area contributed by atoms with Gasteiger partial charge in [-0.05, 0) is 6.07 Å². The van der Waals surface area contributed by atoms with Gasteiger partial charge in [0.25, 0.3) is 0 Å². The molecule has 1 aromatic carbocycles. The number of sulfone groups is 1. The lowest BCUT2D eigenvalue weighted by Crippen LogP contribution is -2.11. The lowest BCUT2D eigenvalue weighted by Gasteiger charge is -2.05. The van der Waals surface area contributed by atoms with Crippen LogP contribution in [0, 0.1) is 10.1 Å². The van der Waals surface area contributed by atoms with Crippen molar-refractivity contribution in [1.82, 2.24) is 0 Å². The summed E-state index contributed by atoms with van der Waals surface area (Å²) < 4.78 is 23.1. The molecule has 9 heteroatoms. The average molecular weight is 262 g/mol. The fraction of sp³-hybridized carbons (Fsp3) is 0.250. The third-order valence-corrected chi connectivity index (χ3v) is 3.68. The summed E-state index contributed by atoms with van der Waals surface area (Å²) in [6.07, 6.45) is 0. The number of anilines is 1. The molecule has 0 aliphatic rings. The van der Waals surface area contributed by atoms with E-state index in [9.17, 15) is 23.6 Å². The van der Waals surface area contributed by atoms with Crippen LogP contribution in [0.15, 0.2) is 17.0 Å². The molecule has 0 aromatic heterocycles. The van der Waals surface area contributed by atoms with Gasteiger partial charge in [0.05, 0.1) is 27.9 Å². The number of nitrogen functional groups attached to an aromatic ring is 1. The van der Waals surface area contributed by atoms with Gasteiger partial charge in [0.2, 0.25) is 5.75 Å². The molecule has 17 heavy (non-hydrogen) atoms. The van der Waals surface area contributed by atoms with Gasteiger partial charge in [-0.15, -0.1) is 0 Å². The largest absolute Gasteiger partial charge is 0.501 e. The molecule has 1 aromatic rings. The number of phenolic OH excluding ortho intramolecular Hbond substituents is 1. The van der Waals surface area contributed by atoms with Crippen LogP contribution in [-0.2, 0) is 9.84 Å². The van der Waals surface area contributed by atoms with Gasteiger partial charge in [0.15, 0.2) is 9.84 Å². The minimum absolute atomic E-state index is 0.407. The first-order chi connectivity index (χ1) is 7.79. The topological polar surface area (TPSA) is 144 Å². The predicted molar refractivity (Wildman–Crippen MR) is 58.3 cm³/mol. The van der Waals surface area contributed by atoms with E-state index in [0.29, 0.717) is 6.07 Å². The Bertz CT molecular complexity index is 553. The normalized spacial score (nSPS) is 11.4. The maximum Gasteiger partial charge on any atom is 0.314 e. The zero-order chi connectivity index (χ0) is 13.2. The number of nitrogens with zero attached hydrogens (tertiary/aromatic N) is 1. The van der Waals surface area contributed by atoms with Crippen LogP contribution in [0.2, 0.25) is 0 Å². The zero-order valence-electron chi connectivity index (χ0n) is 8.53. The fourth-order valence-corrected chi connectivity index (χ4v) is 2.24. The Balaban J connectivity index is 3.44. The highest BCUT2D eigenvalue weighted by Crippen LogP contribution is 2.34. The van der Waals surface area contributed by atoms with E-state index in [4.69, 9.17) is 10.8 Å². The van der Waals surface area contributed by atoms with Gasteiger partial charge >= 0.3 is 5.69 Å². The summed E-state index contributed by atoms with van der Waals surface area (Å²) in [6, 6.07) is 1.62. The van der Waals surface area contributed by atoms with Crippen LogP contribution in [0.4, 0.5) is 11.4 Å². The second kappa shape index (κ2) is 4.55. The molecule has 0 atom stereocenters. The van der Waals surface area contributed by atoms with Crippen LogP contribution in [-0.4, -0.2) is 35.9 Å². The molecule has 0 amide bonds. The molecule has 94 valence electrons. The summed E-state index contributed by atoms with van der Waals surface area (Å²) in [7, 11) is -3.85. The molecule has 0 heterocycles. The molecule has 0 bridgehead atoms. The maximum atomic E-state index is 11.6. The molecule has 0 aliphatic carbocycles. The minimum Gasteiger partial charge on any atom is -0.501 e. The van der Waals surface area contributed by atoms with Gasteiger partial charge < -0.3 is 15.9 Å². The van der Waals surface area contributed by atoms with E-state index >= 15 is 0 Å². The highest BCUT2D eigenvalue weighted by molar-refractivity contribution is 7.91. The molecule has 0 fully saturated rings. The van der Waals surface area contributed by atoms with E-state index in [0.717, 1.165) is 6.07 Å². The number of aliphatic hydroxyl groups is 1. The summed E-state index contributed by atoms with van der Waals surface area (Å²) in [6.45, 7) is -0.614. The molecule has 8 nitrogen and oxygen atoms in total. The first kappa shape index (κ1) is 13.2. The van der Waals surface area contributed by atoms with Crippen molar-refractivity contribution in [1.29, 1.82) is 0 Å².